The van der Waals surface area contributed by atoms with Crippen molar-refractivity contribution in [2.75, 3.05) is 5.32 Å². The summed E-state index contributed by atoms with van der Waals surface area (Å²) in [6.07, 6.45) is 2.27. The van der Waals surface area contributed by atoms with Gasteiger partial charge in [-0.05, 0) is 25.3 Å². The fourth-order valence-electron chi connectivity index (χ4n) is 3.61. The molecule has 4 atom stereocenters. The first-order valence-corrected chi connectivity index (χ1v) is 8.85. The van der Waals surface area contributed by atoms with Crippen LogP contribution < -0.4 is 11.1 Å². The minimum absolute atomic E-state index is 0.271. The van der Waals surface area contributed by atoms with Gasteiger partial charge >= 0.3 is 5.97 Å². The van der Waals surface area contributed by atoms with E-state index in [2.05, 4.69) is 5.32 Å². The average Bonchev–Trinajstić information content (AvgIpc) is 3.20. The molecule has 0 saturated carbocycles. The molecular weight excluding hydrogens is 332 g/mol. The van der Waals surface area contributed by atoms with Gasteiger partial charge < -0.3 is 20.9 Å². The number of fused-ring (bicyclic) bond motifs is 2. The second-order valence-corrected chi connectivity index (χ2v) is 7.38. The van der Waals surface area contributed by atoms with E-state index in [4.69, 9.17) is 10.5 Å². The first kappa shape index (κ1) is 16.9. The van der Waals surface area contributed by atoms with E-state index in [0.717, 1.165) is 17.7 Å². The van der Waals surface area contributed by atoms with Gasteiger partial charge in [0, 0.05) is 4.88 Å². The zero-order chi connectivity index (χ0) is 17.4. The Hall–Kier alpha value is -1.93. The molecule has 2 saturated heterocycles. The number of thiophene rings is 1. The van der Waals surface area contributed by atoms with Crippen molar-refractivity contribution < 1.29 is 24.2 Å². The lowest BCUT2D eigenvalue weighted by molar-refractivity contribution is -0.147. The first-order chi connectivity index (χ1) is 11.4. The van der Waals surface area contributed by atoms with Gasteiger partial charge in [-0.1, -0.05) is 13.3 Å². The number of nitrogens with two attached hydrogens (primary N) is 1. The Balaban J connectivity index is 1.82. The van der Waals surface area contributed by atoms with Crippen molar-refractivity contribution >= 4 is 34.1 Å². The smallest absolute Gasteiger partial charge is 0.310 e. The summed E-state index contributed by atoms with van der Waals surface area (Å²) in [7, 11) is 0. The molecule has 0 aromatic carbocycles. The standard InChI is InChI=1S/C16H20N2O5S/c1-2-3-7-6-8(13(17)19)15(24-7)18-14(20)11-9-4-5-10(23-9)12(11)16(21)22/h6,9-12H,2-5H2,1H3,(H2,17,19)(H,18,20)(H,21,22)/t9-,10-,11+,12+/m1/s1. The average molecular weight is 352 g/mol. The molecule has 24 heavy (non-hydrogen) atoms. The van der Waals surface area contributed by atoms with E-state index >= 15 is 0 Å². The summed E-state index contributed by atoms with van der Waals surface area (Å²) in [6.45, 7) is 2.02. The van der Waals surface area contributed by atoms with Crippen LogP contribution in [-0.2, 0) is 20.7 Å². The number of hydrogen-bond acceptors (Lipinski definition) is 5. The highest BCUT2D eigenvalue weighted by Crippen LogP contribution is 2.44. The number of aryl methyl sites for hydroxylation is 1. The van der Waals surface area contributed by atoms with Crippen molar-refractivity contribution in [2.45, 2.75) is 44.8 Å². The van der Waals surface area contributed by atoms with Gasteiger partial charge in [0.2, 0.25) is 5.91 Å². The molecule has 2 aliphatic rings. The molecule has 0 spiro atoms. The number of anilines is 1. The van der Waals surface area contributed by atoms with Crippen molar-refractivity contribution in [3.63, 3.8) is 0 Å². The number of nitrogens with one attached hydrogen (secondary N) is 1. The molecule has 8 heteroatoms. The summed E-state index contributed by atoms with van der Waals surface area (Å²) in [5, 5.41) is 12.5. The minimum Gasteiger partial charge on any atom is -0.481 e. The Bertz CT molecular complexity index is 686. The lowest BCUT2D eigenvalue weighted by Crippen LogP contribution is -2.41. The molecule has 2 aliphatic heterocycles. The lowest BCUT2D eigenvalue weighted by atomic mass is 9.79. The van der Waals surface area contributed by atoms with Crippen molar-refractivity contribution in [3.05, 3.63) is 16.5 Å². The van der Waals surface area contributed by atoms with E-state index in [-0.39, 0.29) is 11.7 Å². The van der Waals surface area contributed by atoms with Gasteiger partial charge in [0.15, 0.2) is 0 Å². The highest BCUT2D eigenvalue weighted by molar-refractivity contribution is 7.16. The molecule has 4 N–H and O–H groups in total. The van der Waals surface area contributed by atoms with Crippen LogP contribution in [0.15, 0.2) is 6.07 Å². The van der Waals surface area contributed by atoms with Crippen LogP contribution in [0.4, 0.5) is 5.00 Å². The van der Waals surface area contributed by atoms with Crippen LogP contribution in [-0.4, -0.2) is 35.1 Å². The third kappa shape index (κ3) is 2.91. The topological polar surface area (TPSA) is 119 Å². The molecule has 1 aromatic heterocycles. The summed E-state index contributed by atoms with van der Waals surface area (Å²) in [6, 6.07) is 1.69. The molecule has 2 fully saturated rings. The van der Waals surface area contributed by atoms with Crippen LogP contribution in [0.1, 0.15) is 41.4 Å². The number of aliphatic carboxylic acids is 1. The van der Waals surface area contributed by atoms with Crippen molar-refractivity contribution in [2.24, 2.45) is 17.6 Å². The summed E-state index contributed by atoms with van der Waals surface area (Å²) < 4.78 is 5.61. The number of carbonyl (C=O) groups excluding carboxylic acids is 2. The molecule has 3 heterocycles. The minimum atomic E-state index is -1.02. The predicted molar refractivity (Wildman–Crippen MR) is 88.0 cm³/mol. The number of primary amides is 1. The van der Waals surface area contributed by atoms with E-state index < -0.39 is 35.7 Å². The van der Waals surface area contributed by atoms with E-state index in [1.165, 1.54) is 11.3 Å². The fourth-order valence-corrected chi connectivity index (χ4v) is 4.77. The Labute approximate surface area is 143 Å². The Morgan fingerprint density at radius 2 is 2.00 bits per heavy atom. The Morgan fingerprint density at radius 1 is 1.33 bits per heavy atom. The van der Waals surface area contributed by atoms with Gasteiger partial charge in [-0.15, -0.1) is 11.3 Å². The lowest BCUT2D eigenvalue weighted by Gasteiger charge is -2.23. The quantitative estimate of drug-likeness (QED) is 0.719. The van der Waals surface area contributed by atoms with Gasteiger partial charge in [-0.3, -0.25) is 14.4 Å². The SMILES string of the molecule is CCCc1cc(C(N)=O)c(NC(=O)[C@@H]2[C@@H](C(=O)O)[C@H]3CC[C@H]2O3)s1. The van der Waals surface area contributed by atoms with E-state index in [1.807, 2.05) is 6.92 Å². The van der Waals surface area contributed by atoms with Crippen LogP contribution in [0.5, 0.6) is 0 Å². The van der Waals surface area contributed by atoms with E-state index in [0.29, 0.717) is 17.8 Å². The monoisotopic (exact) mass is 352 g/mol. The zero-order valence-corrected chi connectivity index (χ0v) is 14.1. The van der Waals surface area contributed by atoms with Crippen LogP contribution >= 0.6 is 11.3 Å². The van der Waals surface area contributed by atoms with Crippen molar-refractivity contribution in [3.8, 4) is 0 Å². The summed E-state index contributed by atoms with van der Waals surface area (Å²) >= 11 is 1.31. The molecule has 1 aromatic rings. The number of carboxylic acid groups (broad SMARTS) is 1. The number of rotatable bonds is 6. The third-order valence-corrected chi connectivity index (χ3v) is 5.75. The molecule has 3 rings (SSSR count). The number of carbonyl (C=O) groups is 3. The van der Waals surface area contributed by atoms with Gasteiger partial charge in [-0.25, -0.2) is 0 Å². The first-order valence-electron chi connectivity index (χ1n) is 8.04. The van der Waals surface area contributed by atoms with Crippen LogP contribution in [0.25, 0.3) is 0 Å². The Morgan fingerprint density at radius 3 is 2.58 bits per heavy atom. The van der Waals surface area contributed by atoms with Crippen molar-refractivity contribution in [1.82, 2.24) is 0 Å². The van der Waals surface area contributed by atoms with Crippen LogP contribution in [0, 0.1) is 11.8 Å². The summed E-state index contributed by atoms with van der Waals surface area (Å²) in [5.74, 6) is -3.62. The van der Waals surface area contributed by atoms with Gasteiger partial charge in [0.25, 0.3) is 5.91 Å². The largest absolute Gasteiger partial charge is 0.481 e. The number of carboxylic acids is 1. The molecule has 2 amide bonds. The van der Waals surface area contributed by atoms with E-state index in [9.17, 15) is 19.5 Å². The number of amides is 2. The fraction of sp³-hybridized carbons (Fsp3) is 0.562. The third-order valence-electron chi connectivity index (χ3n) is 4.64. The Kier molecular flexibility index (Phi) is 4.60. The van der Waals surface area contributed by atoms with E-state index in [1.54, 1.807) is 6.07 Å². The number of hydrogen-bond donors (Lipinski definition) is 3. The molecule has 0 radical (unpaired) electrons. The zero-order valence-electron chi connectivity index (χ0n) is 13.3. The number of ether oxygens (including phenoxy) is 1. The maximum absolute atomic E-state index is 12.7. The maximum Gasteiger partial charge on any atom is 0.310 e. The predicted octanol–water partition coefficient (Wildman–Crippen LogP) is 1.62. The molecule has 7 nitrogen and oxygen atoms in total. The highest BCUT2D eigenvalue weighted by atomic mass is 32.1. The molecule has 2 bridgehead atoms. The highest BCUT2D eigenvalue weighted by Gasteiger charge is 2.55. The van der Waals surface area contributed by atoms with Crippen molar-refractivity contribution in [1.29, 1.82) is 0 Å². The summed E-state index contributed by atoms with van der Waals surface area (Å²) in [5.41, 5.74) is 5.66. The molecule has 0 aliphatic carbocycles. The van der Waals surface area contributed by atoms with Gasteiger partial charge in [-0.2, -0.15) is 0 Å². The molecular formula is C16H20N2O5S. The van der Waals surface area contributed by atoms with Crippen LogP contribution in [0.3, 0.4) is 0 Å². The van der Waals surface area contributed by atoms with Gasteiger partial charge in [0.1, 0.15) is 5.00 Å². The molecule has 0 unspecified atom stereocenters. The summed E-state index contributed by atoms with van der Waals surface area (Å²) in [4.78, 5) is 36.7. The second kappa shape index (κ2) is 6.52. The molecule has 130 valence electrons. The van der Waals surface area contributed by atoms with Crippen LogP contribution in [0.2, 0.25) is 0 Å². The normalized spacial score (nSPS) is 28.0. The second-order valence-electron chi connectivity index (χ2n) is 6.24. The maximum atomic E-state index is 12.7. The van der Waals surface area contributed by atoms with Gasteiger partial charge in [0.05, 0.1) is 29.6 Å².